The normalized spacial score (nSPS) is 11.9. The second-order valence-corrected chi connectivity index (χ2v) is 31.4. The zero-order valence-electron chi connectivity index (χ0n) is 66.5. The molecule has 0 N–H and O–H groups in total. The molecule has 8 nitrogen and oxygen atoms in total. The summed E-state index contributed by atoms with van der Waals surface area (Å²) in [7, 11) is 0. The molecule has 14 aromatic rings. The average molecular weight is 1650 g/mol. The standard InChI is InChI=1S/C104H77BrN8.2Zn/c1-14-69-17-23-72(24-18-69)97-77-33-41-85(106-77)101(93-61(6)49-57(2)50-62(93)7)87-43-35-79(108-87)98(80-36-44-88(109-80)102(86-42-34-78(97)107-86)94-63(8)51-58(3)52-64(94)9)73-25-19-70(20-26-73)15-16-71-21-27-74(28-22-71)99-81-37-45-89(110-81)103(95-65(10)53-59(4)54-66(95)11)91-47-39-83(112-91)100(75-29-31-76(105)32-30-75)84-40-48-92(113-84)104(90-46-38-82(99)111-90)96-67(12)55-60(5)56-68(96)13;;/h1,17-56H,2-13H3;;/q-4;2*+2. The largest absolute Gasteiger partial charge is 2.00 e. The first-order valence-corrected chi connectivity index (χ1v) is 39.0. The van der Waals surface area contributed by atoms with Crippen LogP contribution in [0.4, 0.5) is 0 Å². The van der Waals surface area contributed by atoms with Crippen molar-refractivity contribution in [1.29, 1.82) is 0 Å². The van der Waals surface area contributed by atoms with Crippen molar-refractivity contribution in [1.82, 2.24) is 39.9 Å². The predicted octanol–water partition coefficient (Wildman–Crippen LogP) is 25.3. The van der Waals surface area contributed by atoms with Gasteiger partial charge >= 0.3 is 39.0 Å². The average Bonchev–Trinajstić information content (AvgIpc) is 1.58. The summed E-state index contributed by atoms with van der Waals surface area (Å²) in [4.78, 5) is 45.0. The summed E-state index contributed by atoms with van der Waals surface area (Å²) in [6, 6.07) is 68.6. The Morgan fingerprint density at radius 1 is 0.235 bits per heavy atom. The fourth-order valence-electron chi connectivity index (χ4n) is 17.6. The third-order valence-corrected chi connectivity index (χ3v) is 22.6. The van der Waals surface area contributed by atoms with Crippen LogP contribution in [0.1, 0.15) is 129 Å². The molecule has 0 aliphatic carbocycles. The molecule has 18 rings (SSSR count). The number of hydrogen-bond donors (Lipinski definition) is 0. The maximum atomic E-state index is 5.93. The Hall–Kier alpha value is -12.2. The first-order valence-electron chi connectivity index (χ1n) is 38.2. The third kappa shape index (κ3) is 14.2. The van der Waals surface area contributed by atoms with Crippen LogP contribution < -0.4 is 19.9 Å². The van der Waals surface area contributed by atoms with E-state index >= 15 is 0 Å². The van der Waals surface area contributed by atoms with Gasteiger partial charge in [0, 0.05) is 21.2 Å². The van der Waals surface area contributed by atoms with Crippen LogP contribution in [-0.2, 0) is 39.0 Å². The maximum absolute atomic E-state index is 5.93. The molecule has 544 valence electrons. The van der Waals surface area contributed by atoms with Gasteiger partial charge in [0.05, 0.1) is 45.6 Å². The van der Waals surface area contributed by atoms with Crippen LogP contribution in [0, 0.1) is 107 Å². The maximum Gasteiger partial charge on any atom is 2.00 e. The van der Waals surface area contributed by atoms with E-state index in [1.807, 2.05) is 12.1 Å². The summed E-state index contributed by atoms with van der Waals surface area (Å²) >= 11 is 3.71. The van der Waals surface area contributed by atoms with E-state index in [9.17, 15) is 0 Å². The minimum Gasteiger partial charge on any atom is -0.657 e. The molecule has 8 aromatic carbocycles. The second kappa shape index (κ2) is 31.0. The third-order valence-electron chi connectivity index (χ3n) is 22.1. The number of aryl methyl sites for hydroxylation is 12. The van der Waals surface area contributed by atoms with Crippen molar-refractivity contribution in [3.05, 3.63) is 328 Å². The van der Waals surface area contributed by atoms with Crippen molar-refractivity contribution in [3.8, 4) is 113 Å². The van der Waals surface area contributed by atoms with Crippen molar-refractivity contribution >= 4 is 109 Å². The quantitative estimate of drug-likeness (QED) is 0.109. The number of nitrogens with zero attached hydrogens (tertiary/aromatic N) is 8. The summed E-state index contributed by atoms with van der Waals surface area (Å²) in [6.45, 7) is 26.1. The summed E-state index contributed by atoms with van der Waals surface area (Å²) in [6.07, 6.45) is 23.0. The zero-order chi connectivity index (χ0) is 77.8. The van der Waals surface area contributed by atoms with Crippen molar-refractivity contribution in [3.63, 3.8) is 0 Å². The van der Waals surface area contributed by atoms with Crippen LogP contribution in [0.15, 0.2) is 199 Å². The number of fused-ring (bicyclic) bond motifs is 16. The summed E-state index contributed by atoms with van der Waals surface area (Å²) in [5, 5.41) is 0. The molecule has 11 heteroatoms. The van der Waals surface area contributed by atoms with Crippen LogP contribution in [0.3, 0.4) is 0 Å². The summed E-state index contributed by atoms with van der Waals surface area (Å²) < 4.78 is 0.992. The molecule has 0 unspecified atom stereocenters. The number of hydrogen-bond acceptors (Lipinski definition) is 4. The fraction of sp³-hybridized carbons (Fsp3) is 0.115. The molecule has 0 saturated carbocycles. The van der Waals surface area contributed by atoms with Crippen LogP contribution >= 0.6 is 15.9 Å². The van der Waals surface area contributed by atoms with Crippen molar-refractivity contribution in [2.45, 2.75) is 83.1 Å². The summed E-state index contributed by atoms with van der Waals surface area (Å²) in [5.74, 6) is 9.89. The van der Waals surface area contributed by atoms with Crippen LogP contribution in [0.25, 0.3) is 182 Å². The molecular weight excluding hydrogens is 1570 g/mol. The minimum absolute atomic E-state index is 0. The molecule has 0 spiro atoms. The van der Waals surface area contributed by atoms with Gasteiger partial charge < -0.3 is 19.9 Å². The van der Waals surface area contributed by atoms with Gasteiger partial charge in [-0.15, -0.1) is 50.6 Å². The predicted molar refractivity (Wildman–Crippen MR) is 476 cm³/mol. The topological polar surface area (TPSA) is 108 Å². The van der Waals surface area contributed by atoms with E-state index in [1.165, 1.54) is 22.3 Å². The van der Waals surface area contributed by atoms with Gasteiger partial charge in [-0.25, -0.2) is 19.9 Å². The number of rotatable bonds is 8. The van der Waals surface area contributed by atoms with E-state index in [2.05, 4.69) is 347 Å². The molecule has 115 heavy (non-hydrogen) atoms. The van der Waals surface area contributed by atoms with Gasteiger partial charge in [0.2, 0.25) is 0 Å². The van der Waals surface area contributed by atoms with Gasteiger partial charge in [0.15, 0.2) is 0 Å². The molecule has 6 aromatic heterocycles. The first-order chi connectivity index (χ1) is 54.7. The van der Waals surface area contributed by atoms with Crippen LogP contribution in [0.2, 0.25) is 0 Å². The van der Waals surface area contributed by atoms with Gasteiger partial charge in [0.25, 0.3) is 0 Å². The van der Waals surface area contributed by atoms with E-state index in [0.29, 0.717) is 0 Å². The molecular formula is C104H77BrN8Zn2. The smallest absolute Gasteiger partial charge is 0.657 e. The van der Waals surface area contributed by atoms with E-state index in [0.717, 1.165) is 244 Å². The molecule has 0 fully saturated rings. The zero-order valence-corrected chi connectivity index (χ0v) is 74.1. The van der Waals surface area contributed by atoms with Crippen molar-refractivity contribution in [2.75, 3.05) is 0 Å². The van der Waals surface area contributed by atoms with E-state index in [-0.39, 0.29) is 39.0 Å². The Morgan fingerprint density at radius 2 is 0.417 bits per heavy atom. The van der Waals surface area contributed by atoms with Gasteiger partial charge in [-0.2, -0.15) is 0 Å². The molecule has 0 radical (unpaired) electrons. The molecule has 4 aliphatic rings. The Morgan fingerprint density at radius 3 is 0.626 bits per heavy atom. The van der Waals surface area contributed by atoms with Crippen LogP contribution in [0.5, 0.6) is 0 Å². The van der Waals surface area contributed by atoms with Gasteiger partial charge in [-0.05, 0) is 314 Å². The van der Waals surface area contributed by atoms with Crippen LogP contribution in [-0.4, -0.2) is 19.9 Å². The number of halogens is 1. The van der Waals surface area contributed by atoms with Gasteiger partial charge in [-0.3, -0.25) is 0 Å². The van der Waals surface area contributed by atoms with Gasteiger partial charge in [0.1, 0.15) is 0 Å². The Labute approximate surface area is 705 Å². The minimum atomic E-state index is 0. The number of aromatic nitrogens is 8. The molecule has 0 atom stereocenters. The van der Waals surface area contributed by atoms with E-state index in [1.54, 1.807) is 0 Å². The van der Waals surface area contributed by atoms with Gasteiger partial charge in [-0.1, -0.05) is 202 Å². The Bertz CT molecular complexity index is 6830. The SMILES string of the molecule is C#Cc1ccc(-c2c3nc(c(-c4c(C)cc(C)cc4C)c4ccc([n-]4)c(-c4ccc(C#Cc5ccc(-c6c7nc(c(-c8c(C)cc(C)cc8C)c8ccc([n-]8)c(-c8ccc(Br)cc8)c8nc(c(-c9c(C)cc(C)cc9C)c9ccc6[n-]9)C=C8)C=C7)cc5)cc4)c4nc(c(-c5c(C)cc(C)cc5C)c5ccc2[n-]5)C=C4)C=C3)cc1.[Zn+2].[Zn+2]. The first kappa shape index (κ1) is 76.8. The molecule has 0 saturated heterocycles. The Kier molecular flexibility index (Phi) is 20.7. The molecule has 16 bridgehead atoms. The summed E-state index contributed by atoms with van der Waals surface area (Å²) in [5.41, 5.74) is 45.0. The Balaban J connectivity index is 0.00000497. The molecule has 10 heterocycles. The second-order valence-electron chi connectivity index (χ2n) is 30.5. The van der Waals surface area contributed by atoms with E-state index in [4.69, 9.17) is 46.3 Å². The molecule has 0 amide bonds. The van der Waals surface area contributed by atoms with Crippen molar-refractivity contribution < 1.29 is 39.0 Å². The molecule has 4 aliphatic heterocycles. The monoisotopic (exact) mass is 1640 g/mol. The fourth-order valence-corrected chi connectivity index (χ4v) is 17.9. The van der Waals surface area contributed by atoms with E-state index < -0.39 is 0 Å². The number of benzene rings is 8. The van der Waals surface area contributed by atoms with Crippen molar-refractivity contribution in [2.24, 2.45) is 0 Å². The number of terminal acetylenes is 1.